The number of aromatic nitrogens is 2. The summed E-state index contributed by atoms with van der Waals surface area (Å²) in [5.41, 5.74) is 3.17. The molecule has 174 valence electrons. The van der Waals surface area contributed by atoms with E-state index in [-0.39, 0.29) is 5.91 Å². The first kappa shape index (κ1) is 22.8. The fourth-order valence-corrected chi connectivity index (χ4v) is 3.94. The predicted molar refractivity (Wildman–Crippen MR) is 128 cm³/mol. The molecule has 1 aromatic heterocycles. The van der Waals surface area contributed by atoms with Gasteiger partial charge in [-0.15, -0.1) is 0 Å². The van der Waals surface area contributed by atoms with Gasteiger partial charge in [0.2, 0.25) is 17.6 Å². The van der Waals surface area contributed by atoms with E-state index < -0.39 is 0 Å². The number of aryl methyl sites for hydroxylation is 1. The van der Waals surface area contributed by atoms with Crippen molar-refractivity contribution in [2.45, 2.75) is 46.1 Å². The van der Waals surface area contributed by atoms with Gasteiger partial charge in [-0.2, -0.15) is 4.98 Å². The number of benzene rings is 2. The monoisotopic (exact) mass is 448 g/mol. The lowest BCUT2D eigenvalue weighted by Gasteiger charge is -2.32. The van der Waals surface area contributed by atoms with Gasteiger partial charge in [0, 0.05) is 43.7 Å². The Hall–Kier alpha value is -3.35. The van der Waals surface area contributed by atoms with Crippen LogP contribution in [0.25, 0.3) is 11.4 Å². The molecule has 33 heavy (non-hydrogen) atoms. The van der Waals surface area contributed by atoms with Gasteiger partial charge in [0.1, 0.15) is 5.75 Å². The number of hydrogen-bond acceptors (Lipinski definition) is 6. The second kappa shape index (κ2) is 11.0. The second-order valence-corrected chi connectivity index (χ2v) is 8.58. The molecule has 0 atom stereocenters. The zero-order valence-corrected chi connectivity index (χ0v) is 19.4. The lowest BCUT2D eigenvalue weighted by molar-refractivity contribution is -0.121. The van der Waals surface area contributed by atoms with Crippen LogP contribution in [0.15, 0.2) is 53.1 Å². The Labute approximate surface area is 195 Å². The first-order chi connectivity index (χ1) is 16.1. The third-order valence-electron chi connectivity index (χ3n) is 6.03. The van der Waals surface area contributed by atoms with E-state index in [4.69, 9.17) is 9.26 Å². The zero-order chi connectivity index (χ0) is 23.0. The molecule has 1 aliphatic rings. The normalized spacial score (nSPS) is 14.3. The van der Waals surface area contributed by atoms with E-state index in [0.29, 0.717) is 37.7 Å². The van der Waals surface area contributed by atoms with Crippen LogP contribution in [0.5, 0.6) is 5.75 Å². The molecule has 0 saturated carbocycles. The van der Waals surface area contributed by atoms with Gasteiger partial charge < -0.3 is 19.5 Å². The Morgan fingerprint density at radius 1 is 1.12 bits per heavy atom. The molecule has 0 spiro atoms. The van der Waals surface area contributed by atoms with Crippen molar-refractivity contribution in [2.75, 3.05) is 24.6 Å². The SMILES string of the molecule is CCOc1ccc(CNC(=O)CCc2nc(-c3ccc(N4CCC(C)CC4)cc3)no2)cc1. The average Bonchev–Trinajstić information content (AvgIpc) is 3.32. The Morgan fingerprint density at radius 3 is 2.55 bits per heavy atom. The van der Waals surface area contributed by atoms with Crippen molar-refractivity contribution in [1.82, 2.24) is 15.5 Å². The van der Waals surface area contributed by atoms with Crippen molar-refractivity contribution in [2.24, 2.45) is 5.92 Å². The highest BCUT2D eigenvalue weighted by Crippen LogP contribution is 2.25. The summed E-state index contributed by atoms with van der Waals surface area (Å²) in [6, 6.07) is 16.0. The summed E-state index contributed by atoms with van der Waals surface area (Å²) in [6.45, 7) is 7.59. The summed E-state index contributed by atoms with van der Waals surface area (Å²) in [5.74, 6) is 2.61. The number of piperidine rings is 1. The van der Waals surface area contributed by atoms with E-state index in [1.165, 1.54) is 18.5 Å². The molecule has 0 radical (unpaired) electrons. The maximum Gasteiger partial charge on any atom is 0.227 e. The van der Waals surface area contributed by atoms with Crippen LogP contribution in [0.2, 0.25) is 0 Å². The lowest BCUT2D eigenvalue weighted by Crippen LogP contribution is -2.32. The number of carbonyl (C=O) groups is 1. The number of rotatable bonds is 9. The van der Waals surface area contributed by atoms with Gasteiger partial charge in [0.05, 0.1) is 6.61 Å². The number of anilines is 1. The maximum atomic E-state index is 12.2. The molecular weight excluding hydrogens is 416 g/mol. The summed E-state index contributed by atoms with van der Waals surface area (Å²) < 4.78 is 10.8. The number of ether oxygens (including phenoxy) is 1. The lowest BCUT2D eigenvalue weighted by atomic mass is 9.98. The van der Waals surface area contributed by atoms with Gasteiger partial charge in [-0.25, -0.2) is 0 Å². The predicted octanol–water partition coefficient (Wildman–Crippen LogP) is 4.62. The molecule has 1 amide bonds. The number of hydrogen-bond donors (Lipinski definition) is 1. The van der Waals surface area contributed by atoms with Crippen molar-refractivity contribution >= 4 is 11.6 Å². The van der Waals surface area contributed by atoms with Gasteiger partial charge in [-0.3, -0.25) is 4.79 Å². The molecule has 1 aliphatic heterocycles. The number of carbonyl (C=O) groups excluding carboxylic acids is 1. The Kier molecular flexibility index (Phi) is 7.60. The summed E-state index contributed by atoms with van der Waals surface area (Å²) >= 11 is 0. The van der Waals surface area contributed by atoms with Gasteiger partial charge in [-0.05, 0) is 67.6 Å². The zero-order valence-electron chi connectivity index (χ0n) is 19.4. The van der Waals surface area contributed by atoms with Crippen molar-refractivity contribution < 1.29 is 14.1 Å². The summed E-state index contributed by atoms with van der Waals surface area (Å²) in [7, 11) is 0. The van der Waals surface area contributed by atoms with Crippen molar-refractivity contribution in [3.63, 3.8) is 0 Å². The maximum absolute atomic E-state index is 12.2. The molecule has 7 heteroatoms. The van der Waals surface area contributed by atoms with Crippen LogP contribution in [-0.4, -0.2) is 35.7 Å². The molecule has 1 fully saturated rings. The first-order valence-electron chi connectivity index (χ1n) is 11.8. The van der Waals surface area contributed by atoms with Crippen molar-refractivity contribution in [3.8, 4) is 17.1 Å². The number of nitrogens with one attached hydrogen (secondary N) is 1. The van der Waals surface area contributed by atoms with E-state index >= 15 is 0 Å². The van der Waals surface area contributed by atoms with E-state index in [1.807, 2.05) is 43.3 Å². The highest BCUT2D eigenvalue weighted by Gasteiger charge is 2.16. The standard InChI is InChI=1S/C26H32N4O3/c1-3-32-23-10-4-20(5-11-23)18-27-24(31)12-13-25-28-26(29-33-25)21-6-8-22(9-7-21)30-16-14-19(2)15-17-30/h4-11,19H,3,12-18H2,1-2H3,(H,27,31). The summed E-state index contributed by atoms with van der Waals surface area (Å²) in [5, 5.41) is 7.02. The molecule has 0 bridgehead atoms. The number of amides is 1. The van der Waals surface area contributed by atoms with E-state index in [9.17, 15) is 4.79 Å². The molecule has 2 heterocycles. The molecule has 0 aliphatic carbocycles. The van der Waals surface area contributed by atoms with E-state index in [0.717, 1.165) is 35.9 Å². The summed E-state index contributed by atoms with van der Waals surface area (Å²) in [6.07, 6.45) is 3.19. The van der Waals surface area contributed by atoms with Crippen LogP contribution in [0.1, 0.15) is 44.6 Å². The molecule has 2 aromatic carbocycles. The van der Waals surface area contributed by atoms with Crippen LogP contribution in [0.3, 0.4) is 0 Å². The minimum absolute atomic E-state index is 0.0520. The summed E-state index contributed by atoms with van der Waals surface area (Å²) in [4.78, 5) is 19.1. The number of nitrogens with zero attached hydrogens (tertiary/aromatic N) is 3. The average molecular weight is 449 g/mol. The fourth-order valence-electron chi connectivity index (χ4n) is 3.94. The fraction of sp³-hybridized carbons (Fsp3) is 0.423. The largest absolute Gasteiger partial charge is 0.494 e. The third kappa shape index (κ3) is 6.34. The van der Waals surface area contributed by atoms with Crippen LogP contribution >= 0.6 is 0 Å². The van der Waals surface area contributed by atoms with Gasteiger partial charge in [0.15, 0.2) is 0 Å². The van der Waals surface area contributed by atoms with Gasteiger partial charge in [-0.1, -0.05) is 24.2 Å². The van der Waals surface area contributed by atoms with Crippen molar-refractivity contribution in [1.29, 1.82) is 0 Å². The molecule has 1 saturated heterocycles. The topological polar surface area (TPSA) is 80.5 Å². The molecule has 1 N–H and O–H groups in total. The van der Waals surface area contributed by atoms with E-state index in [2.05, 4.69) is 39.4 Å². The van der Waals surface area contributed by atoms with Crippen LogP contribution < -0.4 is 15.0 Å². The van der Waals surface area contributed by atoms with Crippen molar-refractivity contribution in [3.05, 3.63) is 60.0 Å². The molecule has 4 rings (SSSR count). The first-order valence-corrected chi connectivity index (χ1v) is 11.8. The van der Waals surface area contributed by atoms with Crippen LogP contribution in [0, 0.1) is 5.92 Å². The molecular formula is C26H32N4O3. The van der Waals surface area contributed by atoms with Crippen LogP contribution in [0.4, 0.5) is 5.69 Å². The van der Waals surface area contributed by atoms with E-state index in [1.54, 1.807) is 0 Å². The Balaban J connectivity index is 1.24. The Morgan fingerprint density at radius 2 is 1.85 bits per heavy atom. The molecule has 3 aromatic rings. The quantitative estimate of drug-likeness (QED) is 0.514. The highest BCUT2D eigenvalue weighted by molar-refractivity contribution is 5.76. The second-order valence-electron chi connectivity index (χ2n) is 8.58. The van der Waals surface area contributed by atoms with Gasteiger partial charge in [0.25, 0.3) is 0 Å². The minimum atomic E-state index is -0.0520. The smallest absolute Gasteiger partial charge is 0.227 e. The third-order valence-corrected chi connectivity index (χ3v) is 6.03. The highest BCUT2D eigenvalue weighted by atomic mass is 16.5. The van der Waals surface area contributed by atoms with Crippen LogP contribution in [-0.2, 0) is 17.8 Å². The minimum Gasteiger partial charge on any atom is -0.494 e. The molecule has 7 nitrogen and oxygen atoms in total. The Bertz CT molecular complexity index is 1020. The molecule has 0 unspecified atom stereocenters. The van der Waals surface area contributed by atoms with Gasteiger partial charge >= 0.3 is 0 Å².